The topological polar surface area (TPSA) is 29.3 Å². The van der Waals surface area contributed by atoms with Crippen LogP contribution in [0.2, 0.25) is 5.02 Å². The van der Waals surface area contributed by atoms with Gasteiger partial charge in [-0.3, -0.25) is 4.40 Å². The predicted molar refractivity (Wildman–Crippen MR) is 84.6 cm³/mol. The third kappa shape index (κ3) is 2.87. The van der Waals surface area contributed by atoms with E-state index in [0.717, 1.165) is 28.6 Å². The molecule has 0 spiro atoms. The van der Waals surface area contributed by atoms with Crippen LogP contribution < -0.4 is 5.32 Å². The Morgan fingerprint density at radius 2 is 2.15 bits per heavy atom. The lowest BCUT2D eigenvalue weighted by molar-refractivity contribution is 0.545. The molecule has 2 aromatic heterocycles. The van der Waals surface area contributed by atoms with E-state index >= 15 is 0 Å². The lowest BCUT2D eigenvalue weighted by atomic mass is 10.0. The van der Waals surface area contributed by atoms with Gasteiger partial charge < -0.3 is 5.32 Å². The summed E-state index contributed by atoms with van der Waals surface area (Å²) in [6, 6.07) is 8.30. The molecule has 0 radical (unpaired) electrons. The first kappa shape index (κ1) is 13.6. The molecule has 0 aliphatic rings. The zero-order valence-corrected chi connectivity index (χ0v) is 12.8. The molecule has 1 aromatic carbocycles. The highest BCUT2D eigenvalue weighted by Gasteiger charge is 2.13. The van der Waals surface area contributed by atoms with Crippen LogP contribution in [-0.4, -0.2) is 15.9 Å². The van der Waals surface area contributed by atoms with Gasteiger partial charge in [0, 0.05) is 35.3 Å². The van der Waals surface area contributed by atoms with Gasteiger partial charge in [-0.25, -0.2) is 4.98 Å². The number of likely N-dealkylation sites (N-methyl/N-ethyl adjacent to an activating group) is 1. The largest absolute Gasteiger partial charge is 0.310 e. The van der Waals surface area contributed by atoms with Gasteiger partial charge in [0.05, 0.1) is 5.69 Å². The van der Waals surface area contributed by atoms with Crippen molar-refractivity contribution in [1.29, 1.82) is 0 Å². The van der Waals surface area contributed by atoms with Crippen molar-refractivity contribution in [2.45, 2.75) is 19.4 Å². The van der Waals surface area contributed by atoms with Gasteiger partial charge >= 0.3 is 0 Å². The Bertz CT molecular complexity index is 658. The lowest BCUT2D eigenvalue weighted by Gasteiger charge is -2.17. The lowest BCUT2D eigenvalue weighted by Crippen LogP contribution is -2.23. The highest BCUT2D eigenvalue weighted by Crippen LogP contribution is 2.21. The number of halogens is 1. The minimum Gasteiger partial charge on any atom is -0.310 e. The number of thiazole rings is 1. The van der Waals surface area contributed by atoms with Crippen LogP contribution in [0.5, 0.6) is 0 Å². The summed E-state index contributed by atoms with van der Waals surface area (Å²) in [7, 11) is 0. The Morgan fingerprint density at radius 1 is 1.35 bits per heavy atom. The minimum absolute atomic E-state index is 0.266. The molecule has 0 saturated heterocycles. The minimum atomic E-state index is 0.266. The number of aromatic nitrogens is 2. The fourth-order valence-electron chi connectivity index (χ4n) is 2.33. The molecule has 0 bridgehead atoms. The van der Waals surface area contributed by atoms with Gasteiger partial charge in [-0.05, 0) is 24.2 Å². The maximum absolute atomic E-state index is 5.96. The predicted octanol–water partition coefficient (Wildman–Crippen LogP) is 3.94. The summed E-state index contributed by atoms with van der Waals surface area (Å²) in [5, 5.41) is 6.33. The van der Waals surface area contributed by atoms with E-state index in [1.165, 1.54) is 5.56 Å². The van der Waals surface area contributed by atoms with Crippen molar-refractivity contribution in [3.8, 4) is 0 Å². The van der Waals surface area contributed by atoms with Gasteiger partial charge in [-0.2, -0.15) is 0 Å². The van der Waals surface area contributed by atoms with Crippen LogP contribution in [0.3, 0.4) is 0 Å². The van der Waals surface area contributed by atoms with E-state index in [9.17, 15) is 0 Å². The van der Waals surface area contributed by atoms with Crippen molar-refractivity contribution in [2.75, 3.05) is 6.54 Å². The summed E-state index contributed by atoms with van der Waals surface area (Å²) in [4.78, 5) is 5.70. The molecule has 1 atom stereocenters. The molecule has 0 aliphatic carbocycles. The van der Waals surface area contributed by atoms with E-state index in [1.54, 1.807) is 11.3 Å². The molecule has 3 aromatic rings. The van der Waals surface area contributed by atoms with Crippen molar-refractivity contribution >= 4 is 27.9 Å². The number of rotatable bonds is 5. The SMILES string of the molecule is CCNC(Cc1cn2ccsc2n1)c1ccc(Cl)cc1. The fraction of sp³-hybridized carbons (Fsp3) is 0.267. The number of nitrogens with zero attached hydrogens (tertiary/aromatic N) is 2. The number of benzene rings is 1. The Balaban J connectivity index is 1.83. The smallest absolute Gasteiger partial charge is 0.193 e. The Labute approximate surface area is 127 Å². The zero-order chi connectivity index (χ0) is 13.9. The Hall–Kier alpha value is -1.36. The Morgan fingerprint density at radius 3 is 2.85 bits per heavy atom. The number of nitrogens with one attached hydrogen (secondary N) is 1. The van der Waals surface area contributed by atoms with Crippen molar-refractivity contribution in [2.24, 2.45) is 0 Å². The van der Waals surface area contributed by atoms with Crippen molar-refractivity contribution in [3.05, 3.63) is 58.3 Å². The molecular weight excluding hydrogens is 290 g/mol. The van der Waals surface area contributed by atoms with E-state index in [0.29, 0.717) is 0 Å². The van der Waals surface area contributed by atoms with Crippen LogP contribution in [0.1, 0.15) is 24.2 Å². The average Bonchev–Trinajstić information content (AvgIpc) is 3.00. The maximum Gasteiger partial charge on any atom is 0.193 e. The molecule has 0 fully saturated rings. The monoisotopic (exact) mass is 305 g/mol. The quantitative estimate of drug-likeness (QED) is 0.773. The molecular formula is C15H16ClN3S. The number of imidazole rings is 1. The molecule has 1 N–H and O–H groups in total. The van der Waals surface area contributed by atoms with Crippen LogP contribution in [0, 0.1) is 0 Å². The van der Waals surface area contributed by atoms with Crippen molar-refractivity contribution < 1.29 is 0 Å². The van der Waals surface area contributed by atoms with Crippen LogP contribution in [0.4, 0.5) is 0 Å². The fourth-order valence-corrected chi connectivity index (χ4v) is 3.18. The standard InChI is InChI=1S/C15H16ClN3S/c1-2-17-14(11-3-5-12(16)6-4-11)9-13-10-19-7-8-20-15(19)18-13/h3-8,10,14,17H,2,9H2,1H3. The first-order chi connectivity index (χ1) is 9.76. The van der Waals surface area contributed by atoms with Crippen molar-refractivity contribution in [3.63, 3.8) is 0 Å². The van der Waals surface area contributed by atoms with Crippen LogP contribution in [-0.2, 0) is 6.42 Å². The molecule has 20 heavy (non-hydrogen) atoms. The first-order valence-corrected chi connectivity index (χ1v) is 7.92. The summed E-state index contributed by atoms with van der Waals surface area (Å²) in [6.45, 7) is 3.05. The van der Waals surface area contributed by atoms with Crippen LogP contribution >= 0.6 is 22.9 Å². The second-order valence-corrected chi connectivity index (χ2v) is 6.00. The summed E-state index contributed by atoms with van der Waals surface area (Å²) >= 11 is 7.62. The second-order valence-electron chi connectivity index (χ2n) is 4.69. The van der Waals surface area contributed by atoms with Gasteiger partial charge in [0.15, 0.2) is 4.96 Å². The Kier molecular flexibility index (Phi) is 4.05. The van der Waals surface area contributed by atoms with Gasteiger partial charge in [-0.15, -0.1) is 11.3 Å². The molecule has 1 unspecified atom stereocenters. The van der Waals surface area contributed by atoms with E-state index in [-0.39, 0.29) is 6.04 Å². The number of fused-ring (bicyclic) bond motifs is 1. The summed E-state index contributed by atoms with van der Waals surface area (Å²) in [5.41, 5.74) is 2.35. The highest BCUT2D eigenvalue weighted by molar-refractivity contribution is 7.15. The van der Waals surface area contributed by atoms with E-state index < -0.39 is 0 Å². The molecule has 0 saturated carbocycles. The van der Waals surface area contributed by atoms with E-state index in [1.807, 2.05) is 23.7 Å². The van der Waals surface area contributed by atoms with Crippen LogP contribution in [0.25, 0.3) is 4.96 Å². The molecule has 104 valence electrons. The van der Waals surface area contributed by atoms with E-state index in [2.05, 4.69) is 40.0 Å². The normalized spacial score (nSPS) is 12.9. The molecule has 5 heteroatoms. The van der Waals surface area contributed by atoms with Gasteiger partial charge in [0.1, 0.15) is 0 Å². The third-order valence-electron chi connectivity index (χ3n) is 3.28. The van der Waals surface area contributed by atoms with Gasteiger partial charge in [-0.1, -0.05) is 30.7 Å². The molecule has 0 amide bonds. The highest BCUT2D eigenvalue weighted by atomic mass is 35.5. The van der Waals surface area contributed by atoms with Crippen LogP contribution in [0.15, 0.2) is 42.0 Å². The molecule has 0 aliphatic heterocycles. The average molecular weight is 306 g/mol. The third-order valence-corrected chi connectivity index (χ3v) is 4.30. The number of hydrogen-bond donors (Lipinski definition) is 1. The maximum atomic E-state index is 5.96. The zero-order valence-electron chi connectivity index (χ0n) is 11.2. The van der Waals surface area contributed by atoms with Gasteiger partial charge in [0.2, 0.25) is 0 Å². The second kappa shape index (κ2) is 5.95. The molecule has 3 nitrogen and oxygen atoms in total. The summed E-state index contributed by atoms with van der Waals surface area (Å²) in [5.74, 6) is 0. The van der Waals surface area contributed by atoms with E-state index in [4.69, 9.17) is 11.6 Å². The molecule has 2 heterocycles. The first-order valence-electron chi connectivity index (χ1n) is 6.66. The number of hydrogen-bond acceptors (Lipinski definition) is 3. The van der Waals surface area contributed by atoms with Gasteiger partial charge in [0.25, 0.3) is 0 Å². The molecule has 3 rings (SSSR count). The summed E-state index contributed by atoms with van der Waals surface area (Å²) in [6.07, 6.45) is 5.02. The van der Waals surface area contributed by atoms with Crippen molar-refractivity contribution in [1.82, 2.24) is 14.7 Å². The summed E-state index contributed by atoms with van der Waals surface area (Å²) < 4.78 is 2.07.